The van der Waals surface area contributed by atoms with Crippen molar-refractivity contribution in [3.63, 3.8) is 0 Å². The second-order valence-electron chi connectivity index (χ2n) is 5.55. The summed E-state index contributed by atoms with van der Waals surface area (Å²) in [6.45, 7) is 5.33. The van der Waals surface area contributed by atoms with Crippen LogP contribution in [0, 0.1) is 0 Å². The fourth-order valence-corrected chi connectivity index (χ4v) is 2.88. The molecule has 20 heavy (non-hydrogen) atoms. The molecule has 108 valence electrons. The largest absolute Gasteiger partial charge is 0.330 e. The maximum Gasteiger partial charge on any atom is 0.0950 e. The number of hydrogen-bond acceptors (Lipinski definition) is 3. The van der Waals surface area contributed by atoms with E-state index >= 15 is 0 Å². The number of aromatic nitrogens is 4. The van der Waals surface area contributed by atoms with Crippen molar-refractivity contribution in [2.45, 2.75) is 51.7 Å². The predicted molar refractivity (Wildman–Crippen MR) is 79.4 cm³/mol. The van der Waals surface area contributed by atoms with Gasteiger partial charge in [0, 0.05) is 30.9 Å². The highest BCUT2D eigenvalue weighted by atomic mass is 15.3. The van der Waals surface area contributed by atoms with E-state index < -0.39 is 0 Å². The maximum absolute atomic E-state index is 4.40. The zero-order valence-corrected chi connectivity index (χ0v) is 12.1. The molecule has 1 saturated heterocycles. The highest BCUT2D eigenvalue weighted by Gasteiger charge is 2.15. The fourth-order valence-electron chi connectivity index (χ4n) is 2.88. The van der Waals surface area contributed by atoms with Gasteiger partial charge in [-0.15, -0.1) is 0 Å². The SMILES string of the molecule is CCCn1cc(-c2cncn2CCC2CCCN2)cn1. The molecule has 1 aliphatic heterocycles. The first-order chi connectivity index (χ1) is 9.86. The lowest BCUT2D eigenvalue weighted by Crippen LogP contribution is -2.22. The molecule has 1 N–H and O–H groups in total. The number of aryl methyl sites for hydroxylation is 2. The molecule has 5 heteroatoms. The monoisotopic (exact) mass is 273 g/mol. The van der Waals surface area contributed by atoms with Gasteiger partial charge in [0.1, 0.15) is 0 Å². The normalized spacial score (nSPS) is 18.8. The standard InChI is InChI=1S/C15H23N5/c1-2-7-20-11-13(9-18-20)15-10-16-12-19(15)8-5-14-4-3-6-17-14/h9-12,14,17H,2-8H2,1H3. The van der Waals surface area contributed by atoms with E-state index in [2.05, 4.69) is 33.1 Å². The predicted octanol–water partition coefficient (Wildman–Crippen LogP) is 2.30. The molecule has 1 atom stereocenters. The molecule has 0 bridgehead atoms. The molecule has 0 radical (unpaired) electrons. The van der Waals surface area contributed by atoms with Gasteiger partial charge in [0.25, 0.3) is 0 Å². The molecule has 5 nitrogen and oxygen atoms in total. The van der Waals surface area contributed by atoms with Gasteiger partial charge in [-0.25, -0.2) is 4.98 Å². The smallest absolute Gasteiger partial charge is 0.0950 e. The summed E-state index contributed by atoms with van der Waals surface area (Å²) < 4.78 is 4.25. The van der Waals surface area contributed by atoms with Gasteiger partial charge in [0.05, 0.1) is 24.4 Å². The molecule has 0 amide bonds. The molecule has 3 heterocycles. The Morgan fingerprint density at radius 1 is 1.35 bits per heavy atom. The molecule has 0 aliphatic carbocycles. The van der Waals surface area contributed by atoms with E-state index in [4.69, 9.17) is 0 Å². The summed E-state index contributed by atoms with van der Waals surface area (Å²) >= 11 is 0. The van der Waals surface area contributed by atoms with Gasteiger partial charge in [0.2, 0.25) is 0 Å². The molecule has 1 fully saturated rings. The summed E-state index contributed by atoms with van der Waals surface area (Å²) in [5.74, 6) is 0. The summed E-state index contributed by atoms with van der Waals surface area (Å²) in [5, 5.41) is 7.95. The molecule has 1 unspecified atom stereocenters. The van der Waals surface area contributed by atoms with E-state index in [1.54, 1.807) is 0 Å². The van der Waals surface area contributed by atoms with Crippen LogP contribution >= 0.6 is 0 Å². The topological polar surface area (TPSA) is 47.7 Å². The van der Waals surface area contributed by atoms with Gasteiger partial charge < -0.3 is 9.88 Å². The summed E-state index contributed by atoms with van der Waals surface area (Å²) in [5.41, 5.74) is 2.33. The average molecular weight is 273 g/mol. The molecule has 2 aromatic rings. The van der Waals surface area contributed by atoms with E-state index in [0.29, 0.717) is 6.04 Å². The highest BCUT2D eigenvalue weighted by Crippen LogP contribution is 2.19. The summed E-state index contributed by atoms with van der Waals surface area (Å²) in [6.07, 6.45) is 12.8. The van der Waals surface area contributed by atoms with Crippen molar-refractivity contribution in [3.05, 3.63) is 24.9 Å². The van der Waals surface area contributed by atoms with E-state index in [1.807, 2.05) is 23.4 Å². The Kier molecular flexibility index (Phi) is 4.16. The lowest BCUT2D eigenvalue weighted by molar-refractivity contribution is 0.507. The Labute approximate surface area is 120 Å². The third kappa shape index (κ3) is 2.93. The minimum atomic E-state index is 0.674. The second-order valence-corrected chi connectivity index (χ2v) is 5.55. The fraction of sp³-hybridized carbons (Fsp3) is 0.600. The van der Waals surface area contributed by atoms with Crippen LogP contribution < -0.4 is 5.32 Å². The number of nitrogens with one attached hydrogen (secondary N) is 1. The van der Waals surface area contributed by atoms with Crippen LogP contribution in [0.15, 0.2) is 24.9 Å². The van der Waals surface area contributed by atoms with Crippen LogP contribution in [0.1, 0.15) is 32.6 Å². The highest BCUT2D eigenvalue weighted by molar-refractivity contribution is 5.56. The van der Waals surface area contributed by atoms with Crippen molar-refractivity contribution >= 4 is 0 Å². The van der Waals surface area contributed by atoms with Crippen LogP contribution in [-0.2, 0) is 13.1 Å². The Balaban J connectivity index is 1.68. The molecule has 2 aromatic heterocycles. The third-order valence-corrected chi connectivity index (χ3v) is 3.97. The van der Waals surface area contributed by atoms with Crippen molar-refractivity contribution in [2.24, 2.45) is 0 Å². The zero-order chi connectivity index (χ0) is 13.8. The molecule has 1 aliphatic rings. The molecule has 0 aromatic carbocycles. The van der Waals surface area contributed by atoms with Crippen molar-refractivity contribution < 1.29 is 0 Å². The zero-order valence-electron chi connectivity index (χ0n) is 12.1. The molecule has 0 saturated carbocycles. The summed E-state index contributed by atoms with van der Waals surface area (Å²) in [7, 11) is 0. The van der Waals surface area contributed by atoms with Gasteiger partial charge in [-0.3, -0.25) is 4.68 Å². The minimum Gasteiger partial charge on any atom is -0.330 e. The molecule has 3 rings (SSSR count). The Morgan fingerprint density at radius 3 is 3.10 bits per heavy atom. The third-order valence-electron chi connectivity index (χ3n) is 3.97. The Morgan fingerprint density at radius 2 is 2.30 bits per heavy atom. The molecular formula is C15H23N5. The number of nitrogens with zero attached hydrogens (tertiary/aromatic N) is 4. The summed E-state index contributed by atoms with van der Waals surface area (Å²) in [6, 6.07) is 0.674. The van der Waals surface area contributed by atoms with Crippen LogP contribution in [0.3, 0.4) is 0 Å². The van der Waals surface area contributed by atoms with E-state index in [0.717, 1.165) is 25.1 Å². The second kappa shape index (κ2) is 6.22. The first-order valence-electron chi connectivity index (χ1n) is 7.63. The van der Waals surface area contributed by atoms with Crippen molar-refractivity contribution in [2.75, 3.05) is 6.54 Å². The number of hydrogen-bond donors (Lipinski definition) is 1. The summed E-state index contributed by atoms with van der Waals surface area (Å²) in [4.78, 5) is 4.30. The first-order valence-corrected chi connectivity index (χ1v) is 7.63. The maximum atomic E-state index is 4.40. The Bertz CT molecular complexity index is 536. The van der Waals surface area contributed by atoms with Crippen LogP contribution in [0.5, 0.6) is 0 Å². The van der Waals surface area contributed by atoms with Crippen molar-refractivity contribution in [1.82, 2.24) is 24.6 Å². The van der Waals surface area contributed by atoms with Gasteiger partial charge in [-0.1, -0.05) is 6.92 Å². The van der Waals surface area contributed by atoms with Crippen molar-refractivity contribution in [1.29, 1.82) is 0 Å². The van der Waals surface area contributed by atoms with E-state index in [1.165, 1.54) is 31.5 Å². The lowest BCUT2D eigenvalue weighted by atomic mass is 10.1. The Hall–Kier alpha value is -1.62. The average Bonchev–Trinajstić information content (AvgIpc) is 3.18. The lowest BCUT2D eigenvalue weighted by Gasteiger charge is -2.12. The van der Waals surface area contributed by atoms with Gasteiger partial charge in [-0.05, 0) is 32.2 Å². The van der Waals surface area contributed by atoms with Crippen molar-refractivity contribution in [3.8, 4) is 11.3 Å². The van der Waals surface area contributed by atoms with Crippen LogP contribution in [0.25, 0.3) is 11.3 Å². The quantitative estimate of drug-likeness (QED) is 0.878. The molecular weight excluding hydrogens is 250 g/mol. The van der Waals surface area contributed by atoms with Crippen LogP contribution in [0.2, 0.25) is 0 Å². The van der Waals surface area contributed by atoms with Gasteiger partial charge >= 0.3 is 0 Å². The van der Waals surface area contributed by atoms with E-state index in [9.17, 15) is 0 Å². The number of rotatable bonds is 6. The number of imidazole rings is 1. The van der Waals surface area contributed by atoms with E-state index in [-0.39, 0.29) is 0 Å². The minimum absolute atomic E-state index is 0.674. The van der Waals surface area contributed by atoms with Gasteiger partial charge in [-0.2, -0.15) is 5.10 Å². The van der Waals surface area contributed by atoms with Crippen LogP contribution in [0.4, 0.5) is 0 Å². The molecule has 0 spiro atoms. The van der Waals surface area contributed by atoms with Gasteiger partial charge in [0.15, 0.2) is 0 Å². The van der Waals surface area contributed by atoms with Crippen LogP contribution in [-0.4, -0.2) is 31.9 Å². The first kappa shape index (κ1) is 13.4.